The lowest BCUT2D eigenvalue weighted by Crippen LogP contribution is -2.41. The van der Waals surface area contributed by atoms with E-state index < -0.39 is 11.7 Å². The average Bonchev–Trinajstić information content (AvgIpc) is 3.10. The van der Waals surface area contributed by atoms with E-state index in [0.717, 1.165) is 24.1 Å². The van der Waals surface area contributed by atoms with Gasteiger partial charge in [-0.05, 0) is 63.1 Å². The molecule has 1 aromatic carbocycles. The molecule has 29 heavy (non-hydrogen) atoms. The van der Waals surface area contributed by atoms with Gasteiger partial charge in [0.1, 0.15) is 17.1 Å². The fourth-order valence-electron chi connectivity index (χ4n) is 3.63. The molecule has 1 aliphatic rings. The maximum atomic E-state index is 12.2. The molecule has 1 fully saturated rings. The highest BCUT2D eigenvalue weighted by Gasteiger charge is 2.33. The van der Waals surface area contributed by atoms with Gasteiger partial charge < -0.3 is 19.9 Å². The van der Waals surface area contributed by atoms with Crippen LogP contribution >= 0.6 is 0 Å². The molecule has 2 atom stereocenters. The van der Waals surface area contributed by atoms with Crippen LogP contribution in [0.1, 0.15) is 44.4 Å². The predicted molar refractivity (Wildman–Crippen MR) is 110 cm³/mol. The maximum absolute atomic E-state index is 12.2. The Bertz CT molecular complexity index is 836. The number of pyridine rings is 1. The van der Waals surface area contributed by atoms with Gasteiger partial charge in [0.05, 0.1) is 13.2 Å². The number of alkyl carbamates (subject to hydrolysis) is 1. The zero-order chi connectivity index (χ0) is 21.0. The third-order valence-electron chi connectivity index (χ3n) is 4.86. The van der Waals surface area contributed by atoms with Gasteiger partial charge in [0.2, 0.25) is 0 Å². The van der Waals surface area contributed by atoms with Crippen LogP contribution in [0.25, 0.3) is 0 Å². The van der Waals surface area contributed by atoms with E-state index in [1.165, 1.54) is 0 Å². The van der Waals surface area contributed by atoms with Crippen LogP contribution in [-0.2, 0) is 4.74 Å². The number of hydrogen-bond acceptors (Lipinski definition) is 6. The van der Waals surface area contributed by atoms with Crippen LogP contribution < -0.4 is 10.1 Å². The predicted octanol–water partition coefficient (Wildman–Crippen LogP) is 3.48. The molecule has 2 N–H and O–H groups in total. The number of methoxy groups -OCH3 is 1. The maximum Gasteiger partial charge on any atom is 0.407 e. The summed E-state index contributed by atoms with van der Waals surface area (Å²) >= 11 is 0. The third kappa shape index (κ3) is 5.38. The lowest BCUT2D eigenvalue weighted by atomic mass is 9.97. The molecule has 2 aromatic rings. The minimum absolute atomic E-state index is 0.0260. The van der Waals surface area contributed by atoms with E-state index in [-0.39, 0.29) is 17.8 Å². The Balaban J connectivity index is 1.83. The summed E-state index contributed by atoms with van der Waals surface area (Å²) in [6.45, 7) is 6.95. The monoisotopic (exact) mass is 399 g/mol. The van der Waals surface area contributed by atoms with Gasteiger partial charge in [0.15, 0.2) is 0 Å². The highest BCUT2D eigenvalue weighted by molar-refractivity contribution is 5.68. The highest BCUT2D eigenvalue weighted by atomic mass is 16.6. The molecule has 0 bridgehead atoms. The van der Waals surface area contributed by atoms with Crippen molar-refractivity contribution >= 4 is 6.09 Å². The van der Waals surface area contributed by atoms with Gasteiger partial charge in [-0.2, -0.15) is 0 Å². The van der Waals surface area contributed by atoms with E-state index in [1.807, 2.05) is 39.0 Å². The summed E-state index contributed by atoms with van der Waals surface area (Å²) in [6.07, 6.45) is 3.87. The fraction of sp³-hybridized carbons (Fsp3) is 0.455. The van der Waals surface area contributed by atoms with Crippen LogP contribution in [-0.4, -0.2) is 52.9 Å². The second-order valence-corrected chi connectivity index (χ2v) is 8.23. The Morgan fingerprint density at radius 1 is 1.28 bits per heavy atom. The number of phenols is 1. The Labute approximate surface area is 171 Å². The largest absolute Gasteiger partial charge is 0.508 e. The van der Waals surface area contributed by atoms with E-state index in [4.69, 9.17) is 9.47 Å². The summed E-state index contributed by atoms with van der Waals surface area (Å²) in [5, 5.41) is 13.5. The summed E-state index contributed by atoms with van der Waals surface area (Å²) < 4.78 is 10.7. The number of benzene rings is 1. The zero-order valence-electron chi connectivity index (χ0n) is 17.4. The Morgan fingerprint density at radius 3 is 2.66 bits per heavy atom. The van der Waals surface area contributed by atoms with Crippen molar-refractivity contribution in [1.29, 1.82) is 0 Å². The fourth-order valence-corrected chi connectivity index (χ4v) is 3.63. The van der Waals surface area contributed by atoms with Gasteiger partial charge in [0, 0.05) is 37.1 Å². The van der Waals surface area contributed by atoms with Crippen molar-refractivity contribution in [1.82, 2.24) is 15.2 Å². The number of nitrogens with zero attached hydrogens (tertiary/aromatic N) is 2. The van der Waals surface area contributed by atoms with Crippen LogP contribution in [0.3, 0.4) is 0 Å². The SMILES string of the molecule is COc1ccc(O)c(C(c2ccncc2)N2CC[C@@H](NC(=O)OC(C)(C)C)C2)c1. The number of likely N-dealkylation sites (tertiary alicyclic amines) is 1. The van der Waals surface area contributed by atoms with Crippen molar-refractivity contribution in [2.45, 2.75) is 44.9 Å². The van der Waals surface area contributed by atoms with Gasteiger partial charge in [-0.1, -0.05) is 0 Å². The molecule has 156 valence electrons. The summed E-state index contributed by atoms with van der Waals surface area (Å²) in [5.74, 6) is 0.885. The van der Waals surface area contributed by atoms with Crippen LogP contribution in [0.4, 0.5) is 4.79 Å². The number of amides is 1. The summed E-state index contributed by atoms with van der Waals surface area (Å²) in [4.78, 5) is 18.5. The van der Waals surface area contributed by atoms with E-state index in [2.05, 4.69) is 15.2 Å². The third-order valence-corrected chi connectivity index (χ3v) is 4.86. The van der Waals surface area contributed by atoms with Gasteiger partial charge >= 0.3 is 6.09 Å². The normalized spacial score (nSPS) is 18.3. The number of phenolic OH excluding ortho intramolecular Hbond substituents is 1. The lowest BCUT2D eigenvalue weighted by molar-refractivity contribution is 0.0505. The molecular weight excluding hydrogens is 370 g/mol. The molecule has 3 rings (SSSR count). The molecule has 1 aliphatic heterocycles. The molecule has 7 nitrogen and oxygen atoms in total. The first-order valence-electron chi connectivity index (χ1n) is 9.77. The van der Waals surface area contributed by atoms with Crippen LogP contribution in [0, 0.1) is 0 Å². The molecule has 1 aromatic heterocycles. The van der Waals surface area contributed by atoms with Crippen LogP contribution in [0.15, 0.2) is 42.7 Å². The van der Waals surface area contributed by atoms with Crippen molar-refractivity contribution in [2.24, 2.45) is 0 Å². The van der Waals surface area contributed by atoms with E-state index in [9.17, 15) is 9.90 Å². The zero-order valence-corrected chi connectivity index (χ0v) is 17.4. The Hall–Kier alpha value is -2.80. The Kier molecular flexibility index (Phi) is 6.27. The first-order chi connectivity index (χ1) is 13.8. The van der Waals surface area contributed by atoms with Crippen molar-refractivity contribution in [3.05, 3.63) is 53.9 Å². The second-order valence-electron chi connectivity index (χ2n) is 8.23. The molecular formula is C22H29N3O4. The Morgan fingerprint density at radius 2 is 2.00 bits per heavy atom. The van der Waals surface area contributed by atoms with E-state index in [0.29, 0.717) is 12.3 Å². The quantitative estimate of drug-likeness (QED) is 0.801. The number of carbonyl (C=O) groups excluding carboxylic acids is 1. The van der Waals surface area contributed by atoms with Crippen molar-refractivity contribution < 1.29 is 19.4 Å². The standard InChI is InChI=1S/C22H29N3O4/c1-22(2,3)29-21(27)24-16-9-12-25(14-16)20(15-7-10-23-11-8-15)18-13-17(28-4)5-6-19(18)26/h5-8,10-11,13,16,20,26H,9,12,14H2,1-4H3,(H,24,27)/t16-,20?/m1/s1. The summed E-state index contributed by atoms with van der Waals surface area (Å²) in [5.41, 5.74) is 1.24. The molecule has 1 unspecified atom stereocenters. The van der Waals surface area contributed by atoms with Crippen molar-refractivity contribution in [3.63, 3.8) is 0 Å². The number of carbonyl (C=O) groups is 1. The molecule has 0 radical (unpaired) electrons. The van der Waals surface area contributed by atoms with Gasteiger partial charge in [-0.15, -0.1) is 0 Å². The van der Waals surface area contributed by atoms with Gasteiger partial charge in [-0.3, -0.25) is 9.88 Å². The number of ether oxygens (including phenoxy) is 2. The first-order valence-corrected chi connectivity index (χ1v) is 9.77. The molecule has 0 spiro atoms. The molecule has 2 heterocycles. The topological polar surface area (TPSA) is 83.9 Å². The van der Waals surface area contributed by atoms with Gasteiger partial charge in [0.25, 0.3) is 0 Å². The first kappa shape index (κ1) is 20.9. The lowest BCUT2D eigenvalue weighted by Gasteiger charge is -2.29. The number of hydrogen-bond donors (Lipinski definition) is 2. The molecule has 0 aliphatic carbocycles. The second kappa shape index (κ2) is 8.69. The molecule has 0 saturated carbocycles. The van der Waals surface area contributed by atoms with Gasteiger partial charge in [-0.25, -0.2) is 4.79 Å². The highest BCUT2D eigenvalue weighted by Crippen LogP contribution is 2.38. The minimum atomic E-state index is -0.533. The van der Waals surface area contributed by atoms with Crippen molar-refractivity contribution in [2.75, 3.05) is 20.2 Å². The molecule has 1 amide bonds. The average molecular weight is 399 g/mol. The molecule has 1 saturated heterocycles. The summed E-state index contributed by atoms with van der Waals surface area (Å²) in [7, 11) is 1.61. The number of nitrogens with one attached hydrogen (secondary N) is 1. The minimum Gasteiger partial charge on any atom is -0.508 e. The van der Waals surface area contributed by atoms with E-state index >= 15 is 0 Å². The number of aromatic hydroxyl groups is 1. The van der Waals surface area contributed by atoms with Crippen molar-refractivity contribution in [3.8, 4) is 11.5 Å². The van der Waals surface area contributed by atoms with E-state index in [1.54, 1.807) is 31.6 Å². The summed E-state index contributed by atoms with van der Waals surface area (Å²) in [6, 6.07) is 8.92. The van der Waals surface area contributed by atoms with Crippen LogP contribution in [0.2, 0.25) is 0 Å². The number of aromatic nitrogens is 1. The molecule has 7 heteroatoms. The number of rotatable bonds is 5. The smallest absolute Gasteiger partial charge is 0.407 e. The van der Waals surface area contributed by atoms with Crippen LogP contribution in [0.5, 0.6) is 11.5 Å².